The number of hydrogen-bond donors (Lipinski definition) is 2. The number of rotatable bonds is 4. The molecule has 0 saturated heterocycles. The largest absolute Gasteiger partial charge is 0.392 e. The zero-order chi connectivity index (χ0) is 14.7. The first-order chi connectivity index (χ1) is 8.65. The van der Waals surface area contributed by atoms with Crippen LogP contribution in [0.5, 0.6) is 0 Å². The summed E-state index contributed by atoms with van der Waals surface area (Å²) in [6.07, 6.45) is -0.0741. The van der Waals surface area contributed by atoms with Crippen LogP contribution in [0.25, 0.3) is 0 Å². The smallest absolute Gasteiger partial charge is 0.271 e. The highest BCUT2D eigenvalue weighted by molar-refractivity contribution is 4.88. The van der Waals surface area contributed by atoms with Crippen LogP contribution in [-0.4, -0.2) is 12.2 Å². The molecule has 0 radical (unpaired) electrons. The fourth-order valence-corrected chi connectivity index (χ4v) is 3.06. The number of hydrogen-bond acceptors (Lipinski definition) is 2. The molecule has 114 valence electrons. The summed E-state index contributed by atoms with van der Waals surface area (Å²) in [4.78, 5) is 0. The molecule has 0 bridgehead atoms. The lowest BCUT2D eigenvalue weighted by Gasteiger charge is -2.38. The van der Waals surface area contributed by atoms with Gasteiger partial charge in [0.25, 0.3) is 0 Å². The van der Waals surface area contributed by atoms with Crippen molar-refractivity contribution in [2.24, 2.45) is 23.1 Å². The number of alkyl halides is 3. The molecular weight excluding hydrogens is 253 g/mol. The van der Waals surface area contributed by atoms with E-state index in [0.717, 1.165) is 12.8 Å². The van der Waals surface area contributed by atoms with Gasteiger partial charge in [-0.15, -0.1) is 0 Å². The van der Waals surface area contributed by atoms with Gasteiger partial charge in [-0.3, -0.25) is 11.3 Å². The monoisotopic (exact) mass is 280 g/mol. The third-order valence-corrected chi connectivity index (χ3v) is 4.18. The summed E-state index contributed by atoms with van der Waals surface area (Å²) in [5.41, 5.74) is 2.77. The zero-order valence-corrected chi connectivity index (χ0v) is 12.2. The van der Waals surface area contributed by atoms with E-state index in [1.54, 1.807) is 0 Å². The Labute approximate surface area is 114 Å². The van der Waals surface area contributed by atoms with Gasteiger partial charge in [-0.05, 0) is 37.0 Å². The second-order valence-electron chi connectivity index (χ2n) is 6.97. The molecule has 0 aromatic heterocycles. The maximum Gasteiger partial charge on any atom is 0.392 e. The lowest BCUT2D eigenvalue weighted by atomic mass is 9.73. The van der Waals surface area contributed by atoms with E-state index >= 15 is 0 Å². The van der Waals surface area contributed by atoms with E-state index in [1.807, 2.05) is 0 Å². The Morgan fingerprint density at radius 2 is 1.74 bits per heavy atom. The van der Waals surface area contributed by atoms with Gasteiger partial charge in [0.05, 0.1) is 5.92 Å². The van der Waals surface area contributed by atoms with Crippen molar-refractivity contribution in [3.63, 3.8) is 0 Å². The van der Waals surface area contributed by atoms with E-state index in [9.17, 15) is 13.2 Å². The van der Waals surface area contributed by atoms with Crippen LogP contribution in [0, 0.1) is 17.3 Å². The van der Waals surface area contributed by atoms with Gasteiger partial charge < -0.3 is 0 Å². The van der Waals surface area contributed by atoms with Gasteiger partial charge in [0.1, 0.15) is 0 Å². The topological polar surface area (TPSA) is 38.0 Å². The Morgan fingerprint density at radius 3 is 2.21 bits per heavy atom. The number of halogens is 3. The SMILES string of the molecule is CC(C)(C)CCC(NN)C1CCCCC1C(F)(F)F. The summed E-state index contributed by atoms with van der Waals surface area (Å²) < 4.78 is 39.3. The molecule has 3 unspecified atom stereocenters. The minimum Gasteiger partial charge on any atom is -0.271 e. The highest BCUT2D eigenvalue weighted by Crippen LogP contribution is 2.43. The van der Waals surface area contributed by atoms with E-state index < -0.39 is 12.1 Å². The van der Waals surface area contributed by atoms with Crippen molar-refractivity contribution >= 4 is 0 Å². The Hall–Kier alpha value is -0.290. The van der Waals surface area contributed by atoms with Crippen molar-refractivity contribution in [3.05, 3.63) is 0 Å². The van der Waals surface area contributed by atoms with Gasteiger partial charge in [-0.1, -0.05) is 33.6 Å². The lowest BCUT2D eigenvalue weighted by Crippen LogP contribution is -2.48. The average Bonchev–Trinajstić information content (AvgIpc) is 2.27. The molecule has 1 aliphatic carbocycles. The minimum atomic E-state index is -4.10. The normalized spacial score (nSPS) is 27.3. The van der Waals surface area contributed by atoms with Crippen LogP contribution in [-0.2, 0) is 0 Å². The number of hydrazine groups is 1. The van der Waals surface area contributed by atoms with Gasteiger partial charge in [0.2, 0.25) is 0 Å². The van der Waals surface area contributed by atoms with Gasteiger partial charge >= 0.3 is 6.18 Å². The van der Waals surface area contributed by atoms with E-state index in [2.05, 4.69) is 26.2 Å². The molecule has 1 rings (SSSR count). The first kappa shape index (κ1) is 16.8. The van der Waals surface area contributed by atoms with Crippen LogP contribution >= 0.6 is 0 Å². The standard InChI is InChI=1S/C14H27F3N2/c1-13(2,3)9-8-12(19-18)10-6-4-5-7-11(10)14(15,16)17/h10-12,19H,4-9,18H2,1-3H3. The summed E-state index contributed by atoms with van der Waals surface area (Å²) >= 11 is 0. The first-order valence-corrected chi connectivity index (χ1v) is 7.18. The van der Waals surface area contributed by atoms with Gasteiger partial charge in [0.15, 0.2) is 0 Å². The van der Waals surface area contributed by atoms with Crippen molar-refractivity contribution in [1.29, 1.82) is 0 Å². The molecule has 19 heavy (non-hydrogen) atoms. The highest BCUT2D eigenvalue weighted by atomic mass is 19.4. The van der Waals surface area contributed by atoms with E-state index in [4.69, 9.17) is 5.84 Å². The van der Waals surface area contributed by atoms with Crippen LogP contribution in [0.4, 0.5) is 13.2 Å². The molecule has 5 heteroatoms. The van der Waals surface area contributed by atoms with Crippen LogP contribution in [0.1, 0.15) is 59.3 Å². The molecule has 3 N–H and O–H groups in total. The summed E-state index contributed by atoms with van der Waals surface area (Å²) in [5.74, 6) is 3.95. The predicted octanol–water partition coefficient (Wildman–Crippen LogP) is 4.01. The van der Waals surface area contributed by atoms with Crippen LogP contribution in [0.15, 0.2) is 0 Å². The fourth-order valence-electron chi connectivity index (χ4n) is 3.06. The number of nitrogens with one attached hydrogen (secondary N) is 1. The molecule has 3 atom stereocenters. The average molecular weight is 280 g/mol. The molecule has 0 aliphatic heterocycles. The minimum absolute atomic E-state index is 0.123. The molecule has 0 aromatic rings. The zero-order valence-electron chi connectivity index (χ0n) is 12.2. The molecular formula is C14H27F3N2. The molecule has 1 saturated carbocycles. The van der Waals surface area contributed by atoms with E-state index in [0.29, 0.717) is 19.3 Å². The van der Waals surface area contributed by atoms with Crippen molar-refractivity contribution < 1.29 is 13.2 Å². The fraction of sp³-hybridized carbons (Fsp3) is 1.00. The second-order valence-corrected chi connectivity index (χ2v) is 6.97. The van der Waals surface area contributed by atoms with Crippen LogP contribution in [0.2, 0.25) is 0 Å². The van der Waals surface area contributed by atoms with Crippen molar-refractivity contribution in [3.8, 4) is 0 Å². The predicted molar refractivity (Wildman–Crippen MR) is 71.3 cm³/mol. The highest BCUT2D eigenvalue weighted by Gasteiger charge is 2.47. The Kier molecular flexibility index (Phi) is 5.68. The third kappa shape index (κ3) is 5.30. The third-order valence-electron chi connectivity index (χ3n) is 4.18. The second kappa shape index (κ2) is 6.44. The Balaban J connectivity index is 2.70. The van der Waals surface area contributed by atoms with E-state index in [1.165, 1.54) is 0 Å². The Morgan fingerprint density at radius 1 is 1.16 bits per heavy atom. The maximum absolute atomic E-state index is 13.1. The van der Waals surface area contributed by atoms with Gasteiger partial charge in [-0.25, -0.2) is 0 Å². The van der Waals surface area contributed by atoms with E-state index in [-0.39, 0.29) is 23.8 Å². The maximum atomic E-state index is 13.1. The molecule has 0 amide bonds. The van der Waals surface area contributed by atoms with Gasteiger partial charge in [-0.2, -0.15) is 13.2 Å². The van der Waals surface area contributed by atoms with Crippen molar-refractivity contribution in [1.82, 2.24) is 5.43 Å². The Bertz CT molecular complexity index is 271. The molecule has 2 nitrogen and oxygen atoms in total. The molecule has 0 heterocycles. The summed E-state index contributed by atoms with van der Waals surface area (Å²) in [5, 5.41) is 0. The molecule has 1 aliphatic rings. The van der Waals surface area contributed by atoms with Gasteiger partial charge in [0, 0.05) is 6.04 Å². The van der Waals surface area contributed by atoms with Crippen molar-refractivity contribution in [2.75, 3.05) is 0 Å². The van der Waals surface area contributed by atoms with Crippen LogP contribution in [0.3, 0.4) is 0 Å². The molecule has 0 spiro atoms. The number of nitrogens with two attached hydrogens (primary N) is 1. The van der Waals surface area contributed by atoms with Crippen LogP contribution < -0.4 is 11.3 Å². The summed E-state index contributed by atoms with van der Waals surface area (Å²) in [6.45, 7) is 6.30. The summed E-state index contributed by atoms with van der Waals surface area (Å²) in [7, 11) is 0. The quantitative estimate of drug-likeness (QED) is 0.603. The lowest BCUT2D eigenvalue weighted by molar-refractivity contribution is -0.199. The first-order valence-electron chi connectivity index (χ1n) is 7.18. The summed E-state index contributed by atoms with van der Waals surface area (Å²) in [6, 6.07) is -0.230. The molecule has 1 fully saturated rings. The van der Waals surface area contributed by atoms with Crippen molar-refractivity contribution in [2.45, 2.75) is 71.5 Å². The molecule has 0 aromatic carbocycles.